The lowest BCUT2D eigenvalue weighted by Gasteiger charge is -2.27. The molecule has 6 nitrogen and oxygen atoms in total. The highest BCUT2D eigenvalue weighted by Gasteiger charge is 2.10. The van der Waals surface area contributed by atoms with Gasteiger partial charge < -0.3 is 19.8 Å². The Morgan fingerprint density at radius 2 is 2.08 bits per heavy atom. The molecule has 1 aromatic heterocycles. The molecule has 0 saturated heterocycles. The highest BCUT2D eigenvalue weighted by Crippen LogP contribution is 2.01. The molecular formula is C17H33IN4O2. The molecule has 0 aliphatic heterocycles. The lowest BCUT2D eigenvalue weighted by atomic mass is 10.3. The van der Waals surface area contributed by atoms with E-state index in [2.05, 4.69) is 41.3 Å². The van der Waals surface area contributed by atoms with E-state index in [1.165, 1.54) is 0 Å². The van der Waals surface area contributed by atoms with Crippen LogP contribution < -0.4 is 10.6 Å². The van der Waals surface area contributed by atoms with Crippen molar-refractivity contribution in [3.63, 3.8) is 0 Å². The van der Waals surface area contributed by atoms with Gasteiger partial charge in [0.2, 0.25) is 0 Å². The SMILES string of the molecule is CCN(CC)C(C)CNC(=NC)NCCCOCc1ccco1.I. The molecule has 0 radical (unpaired) electrons. The number of furan rings is 1. The largest absolute Gasteiger partial charge is 0.467 e. The Morgan fingerprint density at radius 3 is 2.67 bits per heavy atom. The average molecular weight is 452 g/mol. The first-order valence-corrected chi connectivity index (χ1v) is 8.49. The minimum atomic E-state index is 0. The number of hydrogen-bond donors (Lipinski definition) is 2. The summed E-state index contributed by atoms with van der Waals surface area (Å²) in [6.07, 6.45) is 2.59. The van der Waals surface area contributed by atoms with Gasteiger partial charge in [-0.15, -0.1) is 24.0 Å². The number of aliphatic imine (C=N–C) groups is 1. The normalized spacial score (nSPS) is 12.8. The van der Waals surface area contributed by atoms with Crippen LogP contribution in [0.25, 0.3) is 0 Å². The first-order valence-electron chi connectivity index (χ1n) is 8.49. The third-order valence-corrected chi connectivity index (χ3v) is 3.81. The van der Waals surface area contributed by atoms with Crippen LogP contribution in [-0.2, 0) is 11.3 Å². The van der Waals surface area contributed by atoms with Gasteiger partial charge in [0.15, 0.2) is 5.96 Å². The van der Waals surface area contributed by atoms with Crippen LogP contribution in [-0.4, -0.2) is 56.7 Å². The molecular weight excluding hydrogens is 419 g/mol. The summed E-state index contributed by atoms with van der Waals surface area (Å²) < 4.78 is 10.8. The molecule has 2 N–H and O–H groups in total. The molecule has 1 heterocycles. The zero-order chi connectivity index (χ0) is 16.9. The fraction of sp³-hybridized carbons (Fsp3) is 0.706. The minimum absolute atomic E-state index is 0. The summed E-state index contributed by atoms with van der Waals surface area (Å²) >= 11 is 0. The standard InChI is InChI=1S/C17H32N4O2.HI/c1-5-21(6-2)15(3)13-20-17(18-4)19-10-8-11-22-14-16-9-7-12-23-16;/h7,9,12,15H,5-6,8,10-11,13-14H2,1-4H3,(H2,18,19,20);1H. The average Bonchev–Trinajstić information content (AvgIpc) is 3.08. The Labute approximate surface area is 163 Å². The lowest BCUT2D eigenvalue weighted by molar-refractivity contribution is 0.105. The van der Waals surface area contributed by atoms with Crippen LogP contribution in [0.3, 0.4) is 0 Å². The van der Waals surface area contributed by atoms with Crippen molar-refractivity contribution in [2.24, 2.45) is 4.99 Å². The van der Waals surface area contributed by atoms with Gasteiger partial charge in [0, 0.05) is 32.8 Å². The van der Waals surface area contributed by atoms with Crippen molar-refractivity contribution in [3.05, 3.63) is 24.2 Å². The molecule has 0 bridgehead atoms. The van der Waals surface area contributed by atoms with Crippen molar-refractivity contribution in [1.82, 2.24) is 15.5 Å². The van der Waals surface area contributed by atoms with E-state index in [0.29, 0.717) is 19.3 Å². The van der Waals surface area contributed by atoms with E-state index in [9.17, 15) is 0 Å². The second-order valence-corrected chi connectivity index (χ2v) is 5.44. The fourth-order valence-corrected chi connectivity index (χ4v) is 2.39. The zero-order valence-electron chi connectivity index (χ0n) is 15.4. The summed E-state index contributed by atoms with van der Waals surface area (Å²) in [6.45, 7) is 11.7. The van der Waals surface area contributed by atoms with Crippen molar-refractivity contribution in [1.29, 1.82) is 0 Å². The van der Waals surface area contributed by atoms with Gasteiger partial charge in [0.1, 0.15) is 12.4 Å². The lowest BCUT2D eigenvalue weighted by Crippen LogP contribution is -2.46. The van der Waals surface area contributed by atoms with Crippen LogP contribution in [0, 0.1) is 0 Å². The van der Waals surface area contributed by atoms with Gasteiger partial charge in [-0.05, 0) is 38.6 Å². The summed E-state index contributed by atoms with van der Waals surface area (Å²) in [7, 11) is 1.80. The smallest absolute Gasteiger partial charge is 0.191 e. The van der Waals surface area contributed by atoms with Crippen LogP contribution in [0.15, 0.2) is 27.8 Å². The van der Waals surface area contributed by atoms with E-state index >= 15 is 0 Å². The molecule has 1 atom stereocenters. The topological polar surface area (TPSA) is 62.0 Å². The number of hydrogen-bond acceptors (Lipinski definition) is 4. The van der Waals surface area contributed by atoms with E-state index in [0.717, 1.165) is 44.3 Å². The highest BCUT2D eigenvalue weighted by atomic mass is 127. The molecule has 0 aromatic carbocycles. The molecule has 0 amide bonds. The first-order chi connectivity index (χ1) is 11.2. The number of ether oxygens (including phenoxy) is 1. The van der Waals surface area contributed by atoms with Crippen molar-refractivity contribution in [2.75, 3.05) is 39.8 Å². The van der Waals surface area contributed by atoms with E-state index in [4.69, 9.17) is 9.15 Å². The van der Waals surface area contributed by atoms with Gasteiger partial charge in [0.05, 0.1) is 6.26 Å². The Morgan fingerprint density at radius 1 is 1.33 bits per heavy atom. The fourth-order valence-electron chi connectivity index (χ4n) is 2.39. The van der Waals surface area contributed by atoms with Gasteiger partial charge in [-0.3, -0.25) is 9.89 Å². The van der Waals surface area contributed by atoms with Gasteiger partial charge in [-0.2, -0.15) is 0 Å². The molecule has 0 fully saturated rings. The van der Waals surface area contributed by atoms with Crippen molar-refractivity contribution in [3.8, 4) is 0 Å². The number of guanidine groups is 1. The van der Waals surface area contributed by atoms with Gasteiger partial charge >= 0.3 is 0 Å². The molecule has 7 heteroatoms. The Hall–Kier alpha value is -0.800. The van der Waals surface area contributed by atoms with Crippen LogP contribution in [0.5, 0.6) is 0 Å². The maximum atomic E-state index is 5.55. The maximum Gasteiger partial charge on any atom is 0.191 e. The first kappa shape index (κ1) is 23.2. The van der Waals surface area contributed by atoms with Crippen molar-refractivity contribution in [2.45, 2.75) is 39.8 Å². The van der Waals surface area contributed by atoms with Crippen molar-refractivity contribution >= 4 is 29.9 Å². The second kappa shape index (κ2) is 14.5. The highest BCUT2D eigenvalue weighted by molar-refractivity contribution is 14.0. The Bertz CT molecular complexity index is 422. The van der Waals surface area contributed by atoms with E-state index in [1.54, 1.807) is 13.3 Å². The summed E-state index contributed by atoms with van der Waals surface area (Å²) in [5, 5.41) is 6.68. The predicted molar refractivity (Wildman–Crippen MR) is 110 cm³/mol. The van der Waals surface area contributed by atoms with E-state index in [1.807, 2.05) is 12.1 Å². The number of halogens is 1. The van der Waals surface area contributed by atoms with Gasteiger partial charge in [0.25, 0.3) is 0 Å². The summed E-state index contributed by atoms with van der Waals surface area (Å²) in [5.74, 6) is 1.70. The number of likely N-dealkylation sites (N-methyl/N-ethyl adjacent to an activating group) is 1. The molecule has 1 rings (SSSR count). The predicted octanol–water partition coefficient (Wildman–Crippen LogP) is 2.70. The maximum absolute atomic E-state index is 5.55. The monoisotopic (exact) mass is 452 g/mol. The number of rotatable bonds is 11. The van der Waals surface area contributed by atoms with Crippen LogP contribution in [0.4, 0.5) is 0 Å². The van der Waals surface area contributed by atoms with Crippen LogP contribution in [0.2, 0.25) is 0 Å². The number of nitrogens with zero attached hydrogens (tertiary/aromatic N) is 2. The number of nitrogens with one attached hydrogen (secondary N) is 2. The third kappa shape index (κ3) is 9.48. The van der Waals surface area contributed by atoms with Gasteiger partial charge in [-0.1, -0.05) is 13.8 Å². The molecule has 1 unspecified atom stereocenters. The van der Waals surface area contributed by atoms with Crippen molar-refractivity contribution < 1.29 is 9.15 Å². The van der Waals surface area contributed by atoms with E-state index < -0.39 is 0 Å². The molecule has 0 saturated carbocycles. The molecule has 1 aromatic rings. The summed E-state index contributed by atoms with van der Waals surface area (Å²) in [4.78, 5) is 6.67. The summed E-state index contributed by atoms with van der Waals surface area (Å²) in [6, 6.07) is 4.27. The molecule has 0 aliphatic carbocycles. The minimum Gasteiger partial charge on any atom is -0.467 e. The van der Waals surface area contributed by atoms with Crippen LogP contribution in [0.1, 0.15) is 33.0 Å². The molecule has 0 aliphatic rings. The Kier molecular flexibility index (Phi) is 14.1. The van der Waals surface area contributed by atoms with E-state index in [-0.39, 0.29) is 24.0 Å². The van der Waals surface area contributed by atoms with Crippen LogP contribution >= 0.6 is 24.0 Å². The zero-order valence-corrected chi connectivity index (χ0v) is 17.7. The molecule has 24 heavy (non-hydrogen) atoms. The quantitative estimate of drug-likeness (QED) is 0.234. The Balaban J connectivity index is 0.00000529. The molecule has 140 valence electrons. The second-order valence-electron chi connectivity index (χ2n) is 5.44. The summed E-state index contributed by atoms with van der Waals surface area (Å²) in [5.41, 5.74) is 0. The molecule has 0 spiro atoms. The van der Waals surface area contributed by atoms with Gasteiger partial charge in [-0.25, -0.2) is 0 Å². The third-order valence-electron chi connectivity index (χ3n) is 3.81.